The number of carbonyl (C=O) groups excluding carboxylic acids is 1. The lowest BCUT2D eigenvalue weighted by Gasteiger charge is -2.35. The van der Waals surface area contributed by atoms with E-state index < -0.39 is 11.9 Å². The summed E-state index contributed by atoms with van der Waals surface area (Å²) in [7, 11) is 0. The van der Waals surface area contributed by atoms with E-state index in [4.69, 9.17) is 0 Å². The Morgan fingerprint density at radius 2 is 2.13 bits per heavy atom. The third-order valence-electron chi connectivity index (χ3n) is 4.03. The van der Waals surface area contributed by atoms with Crippen LogP contribution in [-0.4, -0.2) is 28.0 Å². The van der Waals surface area contributed by atoms with Gasteiger partial charge in [-0.1, -0.05) is 0 Å². The predicted octanol–water partition coefficient (Wildman–Crippen LogP) is 2.90. The summed E-state index contributed by atoms with van der Waals surface area (Å²) >= 11 is 0. The molecule has 1 aliphatic rings. The fraction of sp³-hybridized carbons (Fsp3) is 0.235. The smallest absolute Gasteiger partial charge is 0.338 e. The Morgan fingerprint density at radius 1 is 1.35 bits per heavy atom. The molecule has 0 spiro atoms. The Kier molecular flexibility index (Phi) is 3.82. The summed E-state index contributed by atoms with van der Waals surface area (Å²) in [6.45, 7) is 1.88. The quantitative estimate of drug-likeness (QED) is 0.925. The number of pyridine rings is 1. The van der Waals surface area contributed by atoms with Crippen LogP contribution in [0, 0.1) is 5.82 Å². The van der Waals surface area contributed by atoms with E-state index >= 15 is 0 Å². The predicted molar refractivity (Wildman–Crippen MR) is 82.2 cm³/mol. The number of aromatic carboxylic acids is 1. The molecule has 2 heterocycles. The van der Waals surface area contributed by atoms with E-state index in [0.29, 0.717) is 18.5 Å². The summed E-state index contributed by atoms with van der Waals surface area (Å²) < 4.78 is 13.4. The zero-order valence-corrected chi connectivity index (χ0v) is 12.5. The number of carboxylic acid groups (broad SMARTS) is 1. The van der Waals surface area contributed by atoms with Gasteiger partial charge in [-0.2, -0.15) is 0 Å². The SMILES string of the molecule is CC1CCc2cc(F)ccc2N1C(=O)c1ncccc1C(=O)O. The lowest BCUT2D eigenvalue weighted by molar-refractivity contribution is 0.0690. The molecule has 1 atom stereocenters. The summed E-state index contributed by atoms with van der Waals surface area (Å²) in [6, 6.07) is 6.98. The molecule has 5 nitrogen and oxygen atoms in total. The van der Waals surface area contributed by atoms with E-state index in [1.807, 2.05) is 6.92 Å². The molecule has 0 saturated carbocycles. The average molecular weight is 314 g/mol. The van der Waals surface area contributed by atoms with E-state index in [1.165, 1.54) is 35.4 Å². The fourth-order valence-corrected chi connectivity index (χ4v) is 2.89. The van der Waals surface area contributed by atoms with Crippen molar-refractivity contribution in [1.29, 1.82) is 0 Å². The number of hydrogen-bond donors (Lipinski definition) is 1. The van der Waals surface area contributed by atoms with Crippen LogP contribution >= 0.6 is 0 Å². The van der Waals surface area contributed by atoms with Crippen LogP contribution in [0.15, 0.2) is 36.5 Å². The molecule has 1 aliphatic heterocycles. The molecular formula is C17H15FN2O3. The number of benzene rings is 1. The molecule has 3 rings (SSSR count). The highest BCUT2D eigenvalue weighted by Crippen LogP contribution is 2.32. The second-order valence-electron chi connectivity index (χ2n) is 5.54. The molecule has 2 aromatic rings. The molecule has 0 bridgehead atoms. The normalized spacial score (nSPS) is 16.8. The van der Waals surface area contributed by atoms with Gasteiger partial charge in [0.05, 0.1) is 5.56 Å². The van der Waals surface area contributed by atoms with Crippen molar-refractivity contribution in [3.05, 3.63) is 59.2 Å². The maximum absolute atomic E-state index is 13.4. The third-order valence-corrected chi connectivity index (χ3v) is 4.03. The number of aryl methyl sites for hydroxylation is 1. The van der Waals surface area contributed by atoms with E-state index in [0.717, 1.165) is 5.56 Å². The Balaban J connectivity index is 2.08. The van der Waals surface area contributed by atoms with Crippen molar-refractivity contribution < 1.29 is 19.1 Å². The highest BCUT2D eigenvalue weighted by atomic mass is 19.1. The monoisotopic (exact) mass is 314 g/mol. The van der Waals surface area contributed by atoms with Crippen LogP contribution in [0.25, 0.3) is 0 Å². The Bertz CT molecular complexity index is 791. The number of hydrogen-bond acceptors (Lipinski definition) is 3. The number of fused-ring (bicyclic) bond motifs is 1. The van der Waals surface area contributed by atoms with Gasteiger partial charge in [-0.25, -0.2) is 9.18 Å². The molecule has 118 valence electrons. The van der Waals surface area contributed by atoms with Gasteiger partial charge in [-0.3, -0.25) is 9.78 Å². The highest BCUT2D eigenvalue weighted by molar-refractivity contribution is 6.11. The Hall–Kier alpha value is -2.76. The van der Waals surface area contributed by atoms with E-state index in [9.17, 15) is 19.1 Å². The van der Waals surface area contributed by atoms with Crippen LogP contribution in [0.4, 0.5) is 10.1 Å². The summed E-state index contributed by atoms with van der Waals surface area (Å²) in [5.74, 6) is -2.04. The van der Waals surface area contributed by atoms with Crippen molar-refractivity contribution in [1.82, 2.24) is 4.98 Å². The van der Waals surface area contributed by atoms with Crippen LogP contribution < -0.4 is 4.90 Å². The number of carboxylic acids is 1. The van der Waals surface area contributed by atoms with E-state index in [2.05, 4.69) is 4.98 Å². The van der Waals surface area contributed by atoms with Crippen molar-refractivity contribution in [2.24, 2.45) is 0 Å². The van der Waals surface area contributed by atoms with Crippen molar-refractivity contribution in [2.75, 3.05) is 4.90 Å². The first-order chi connectivity index (χ1) is 11.0. The number of rotatable bonds is 2. The zero-order chi connectivity index (χ0) is 16.6. The average Bonchev–Trinajstić information content (AvgIpc) is 2.54. The maximum atomic E-state index is 13.4. The minimum Gasteiger partial charge on any atom is -0.478 e. The molecule has 0 aliphatic carbocycles. The van der Waals surface area contributed by atoms with Crippen LogP contribution in [0.2, 0.25) is 0 Å². The number of carbonyl (C=O) groups is 2. The number of amides is 1. The molecule has 1 unspecified atom stereocenters. The van der Waals surface area contributed by atoms with E-state index in [1.54, 1.807) is 6.07 Å². The van der Waals surface area contributed by atoms with Crippen LogP contribution in [0.3, 0.4) is 0 Å². The van der Waals surface area contributed by atoms with Gasteiger partial charge in [-0.15, -0.1) is 0 Å². The summed E-state index contributed by atoms with van der Waals surface area (Å²) in [5.41, 5.74) is 1.10. The van der Waals surface area contributed by atoms with Crippen LogP contribution in [0.5, 0.6) is 0 Å². The number of aromatic nitrogens is 1. The third kappa shape index (κ3) is 2.67. The van der Waals surface area contributed by atoms with Gasteiger partial charge in [0.25, 0.3) is 5.91 Å². The van der Waals surface area contributed by atoms with Gasteiger partial charge in [-0.05, 0) is 55.7 Å². The topological polar surface area (TPSA) is 70.5 Å². The minimum atomic E-state index is -1.20. The largest absolute Gasteiger partial charge is 0.478 e. The molecule has 0 radical (unpaired) electrons. The molecule has 6 heteroatoms. The number of nitrogens with zero attached hydrogens (tertiary/aromatic N) is 2. The minimum absolute atomic E-state index is 0.107. The molecule has 23 heavy (non-hydrogen) atoms. The van der Waals surface area contributed by atoms with Crippen LogP contribution in [0.1, 0.15) is 39.8 Å². The number of halogens is 1. The van der Waals surface area contributed by atoms with Gasteiger partial charge in [0.15, 0.2) is 0 Å². The van der Waals surface area contributed by atoms with Crippen molar-refractivity contribution in [3.8, 4) is 0 Å². The second kappa shape index (κ2) is 5.79. The zero-order valence-electron chi connectivity index (χ0n) is 12.5. The molecule has 1 amide bonds. The molecular weight excluding hydrogens is 299 g/mol. The first-order valence-electron chi connectivity index (χ1n) is 7.29. The van der Waals surface area contributed by atoms with Gasteiger partial charge in [0.2, 0.25) is 0 Å². The Labute approximate surface area is 132 Å². The molecule has 1 aromatic heterocycles. The molecule has 0 fully saturated rings. The van der Waals surface area contributed by atoms with Gasteiger partial charge in [0, 0.05) is 17.9 Å². The van der Waals surface area contributed by atoms with Gasteiger partial charge < -0.3 is 10.0 Å². The second-order valence-corrected chi connectivity index (χ2v) is 5.54. The molecule has 1 N–H and O–H groups in total. The van der Waals surface area contributed by atoms with Gasteiger partial charge >= 0.3 is 5.97 Å². The maximum Gasteiger partial charge on any atom is 0.338 e. The first-order valence-corrected chi connectivity index (χ1v) is 7.29. The Morgan fingerprint density at radius 3 is 2.87 bits per heavy atom. The van der Waals surface area contributed by atoms with Crippen molar-refractivity contribution >= 4 is 17.6 Å². The highest BCUT2D eigenvalue weighted by Gasteiger charge is 2.32. The summed E-state index contributed by atoms with van der Waals surface area (Å²) in [4.78, 5) is 29.7. The standard InChI is InChI=1S/C17H15FN2O3/c1-10-4-5-11-9-12(18)6-7-14(11)20(10)16(21)15-13(17(22)23)3-2-8-19-15/h2-3,6-10H,4-5H2,1H3,(H,22,23). The van der Waals surface area contributed by atoms with E-state index in [-0.39, 0.29) is 23.1 Å². The van der Waals surface area contributed by atoms with Crippen molar-refractivity contribution in [3.63, 3.8) is 0 Å². The summed E-state index contributed by atoms with van der Waals surface area (Å²) in [5, 5.41) is 9.25. The van der Waals surface area contributed by atoms with Crippen LogP contribution in [-0.2, 0) is 6.42 Å². The van der Waals surface area contributed by atoms with Crippen molar-refractivity contribution in [2.45, 2.75) is 25.8 Å². The summed E-state index contributed by atoms with van der Waals surface area (Å²) in [6.07, 6.45) is 2.74. The molecule has 0 saturated heterocycles. The molecule has 1 aromatic carbocycles. The van der Waals surface area contributed by atoms with Gasteiger partial charge in [0.1, 0.15) is 11.5 Å². The number of anilines is 1. The fourth-order valence-electron chi connectivity index (χ4n) is 2.89. The lowest BCUT2D eigenvalue weighted by atomic mass is 9.95. The lowest BCUT2D eigenvalue weighted by Crippen LogP contribution is -2.43. The first kappa shape index (κ1) is 15.1.